The van der Waals surface area contributed by atoms with Crippen molar-refractivity contribution in [2.24, 2.45) is 0 Å². The summed E-state index contributed by atoms with van der Waals surface area (Å²) in [5.74, 6) is 2.00. The minimum Gasteiger partial charge on any atom is -0.341 e. The van der Waals surface area contributed by atoms with E-state index >= 15 is 0 Å². The van der Waals surface area contributed by atoms with E-state index in [4.69, 9.17) is 0 Å². The van der Waals surface area contributed by atoms with Crippen molar-refractivity contribution in [3.8, 4) is 0 Å². The van der Waals surface area contributed by atoms with Gasteiger partial charge in [-0.15, -0.1) is 0 Å². The topological polar surface area (TPSA) is 41.1 Å². The van der Waals surface area contributed by atoms with Gasteiger partial charge < -0.3 is 10.2 Å². The zero-order valence-electron chi connectivity index (χ0n) is 12.1. The molecule has 1 N–H and O–H groups in total. The molecule has 1 atom stereocenters. The molecule has 0 amide bonds. The highest BCUT2D eigenvalue weighted by molar-refractivity contribution is 7.98. The Morgan fingerprint density at radius 2 is 2.11 bits per heavy atom. The van der Waals surface area contributed by atoms with Gasteiger partial charge in [0.25, 0.3) is 0 Å². The van der Waals surface area contributed by atoms with Gasteiger partial charge in [0.05, 0.1) is 0 Å². The van der Waals surface area contributed by atoms with Crippen molar-refractivity contribution in [1.29, 1.82) is 0 Å². The van der Waals surface area contributed by atoms with Crippen molar-refractivity contribution in [2.75, 3.05) is 24.0 Å². The number of hydrogen-bond donors (Lipinski definition) is 1. The van der Waals surface area contributed by atoms with E-state index in [0.717, 1.165) is 25.0 Å². The Kier molecular flexibility index (Phi) is 5.45. The van der Waals surface area contributed by atoms with Crippen LogP contribution in [0.5, 0.6) is 0 Å². The Labute approximate surface area is 120 Å². The molecule has 1 aromatic rings. The summed E-state index contributed by atoms with van der Waals surface area (Å²) >= 11 is 1.88. The first-order chi connectivity index (χ1) is 9.20. The zero-order chi connectivity index (χ0) is 13.7. The second kappa shape index (κ2) is 7.10. The van der Waals surface area contributed by atoms with Gasteiger partial charge in [-0.3, -0.25) is 0 Å². The first-order valence-electron chi connectivity index (χ1n) is 6.96. The van der Waals surface area contributed by atoms with E-state index in [2.05, 4.69) is 40.4 Å². The summed E-state index contributed by atoms with van der Waals surface area (Å²) in [4.78, 5) is 11.1. The van der Waals surface area contributed by atoms with Crippen LogP contribution in [-0.4, -0.2) is 41.1 Å². The fourth-order valence-corrected chi connectivity index (χ4v) is 2.43. The quantitative estimate of drug-likeness (QED) is 0.791. The molecule has 19 heavy (non-hydrogen) atoms. The first kappa shape index (κ1) is 14.6. The van der Waals surface area contributed by atoms with E-state index in [1.165, 1.54) is 24.2 Å². The van der Waals surface area contributed by atoms with Crippen molar-refractivity contribution in [3.05, 3.63) is 18.0 Å². The summed E-state index contributed by atoms with van der Waals surface area (Å²) in [5.41, 5.74) is 1.17. The maximum Gasteiger partial charge on any atom is 0.225 e. The van der Waals surface area contributed by atoms with Gasteiger partial charge in [0, 0.05) is 43.6 Å². The summed E-state index contributed by atoms with van der Waals surface area (Å²) in [6.07, 6.45) is 9.81. The second-order valence-corrected chi connectivity index (χ2v) is 6.27. The first-order valence-corrected chi connectivity index (χ1v) is 8.36. The maximum absolute atomic E-state index is 4.47. The Hall–Kier alpha value is -0.810. The fourth-order valence-electron chi connectivity index (χ4n) is 1.85. The van der Waals surface area contributed by atoms with Crippen LogP contribution in [0.25, 0.3) is 0 Å². The zero-order valence-corrected chi connectivity index (χ0v) is 12.9. The van der Waals surface area contributed by atoms with Crippen LogP contribution in [0, 0.1) is 0 Å². The van der Waals surface area contributed by atoms with Crippen molar-refractivity contribution in [1.82, 2.24) is 15.3 Å². The summed E-state index contributed by atoms with van der Waals surface area (Å²) < 4.78 is 0. The third-order valence-corrected chi connectivity index (χ3v) is 4.22. The van der Waals surface area contributed by atoms with Gasteiger partial charge in [0.2, 0.25) is 5.95 Å². The molecule has 1 heterocycles. The fraction of sp³-hybridized carbons (Fsp3) is 0.714. The molecule has 1 aliphatic rings. The highest BCUT2D eigenvalue weighted by Gasteiger charge is 2.20. The molecule has 4 nitrogen and oxygen atoms in total. The molecule has 2 rings (SSSR count). The number of nitrogens with zero attached hydrogens (tertiary/aromatic N) is 3. The summed E-state index contributed by atoms with van der Waals surface area (Å²) in [6.45, 7) is 3.11. The van der Waals surface area contributed by atoms with Crippen molar-refractivity contribution < 1.29 is 0 Å². The molecule has 1 aromatic heterocycles. The highest BCUT2D eigenvalue weighted by atomic mass is 32.2. The van der Waals surface area contributed by atoms with E-state index in [1.54, 1.807) is 0 Å². The van der Waals surface area contributed by atoms with Crippen LogP contribution in [0.1, 0.15) is 31.7 Å². The predicted molar refractivity (Wildman–Crippen MR) is 82.8 cm³/mol. The predicted octanol–water partition coefficient (Wildman–Crippen LogP) is 2.31. The van der Waals surface area contributed by atoms with Crippen LogP contribution < -0.4 is 10.2 Å². The molecule has 5 heteroatoms. The van der Waals surface area contributed by atoms with Gasteiger partial charge in [-0.1, -0.05) is 0 Å². The molecule has 0 aliphatic heterocycles. The molecule has 1 unspecified atom stereocenters. The Morgan fingerprint density at radius 3 is 2.68 bits per heavy atom. The monoisotopic (exact) mass is 280 g/mol. The number of hydrogen-bond acceptors (Lipinski definition) is 5. The Balaban J connectivity index is 1.85. The number of rotatable bonds is 8. The van der Waals surface area contributed by atoms with Gasteiger partial charge in [0.15, 0.2) is 0 Å². The maximum atomic E-state index is 4.47. The molecule has 106 valence electrons. The smallest absolute Gasteiger partial charge is 0.225 e. The van der Waals surface area contributed by atoms with Gasteiger partial charge in [-0.05, 0) is 38.2 Å². The molecule has 0 bridgehead atoms. The molecule has 0 saturated heterocycles. The van der Waals surface area contributed by atoms with E-state index < -0.39 is 0 Å². The van der Waals surface area contributed by atoms with E-state index in [0.29, 0.717) is 6.04 Å². The third kappa shape index (κ3) is 4.66. The van der Waals surface area contributed by atoms with Crippen molar-refractivity contribution in [2.45, 2.75) is 44.8 Å². The van der Waals surface area contributed by atoms with Crippen molar-refractivity contribution >= 4 is 17.7 Å². The lowest BCUT2D eigenvalue weighted by Crippen LogP contribution is -2.31. The van der Waals surface area contributed by atoms with Crippen LogP contribution in [0.4, 0.5) is 5.95 Å². The van der Waals surface area contributed by atoms with Crippen LogP contribution in [0.2, 0.25) is 0 Å². The molecule has 1 aliphatic carbocycles. The number of thioether (sulfide) groups is 1. The molecular weight excluding hydrogens is 256 g/mol. The summed E-state index contributed by atoms with van der Waals surface area (Å²) in [6, 6.07) is 1.21. The SMILES string of the molecule is CSCCC(C)N(C)c1ncc(CNC2CC2)cn1. The van der Waals surface area contributed by atoms with Gasteiger partial charge in [-0.2, -0.15) is 11.8 Å². The van der Waals surface area contributed by atoms with Crippen LogP contribution in [0.3, 0.4) is 0 Å². The van der Waals surface area contributed by atoms with E-state index in [1.807, 2.05) is 24.2 Å². The molecule has 0 radical (unpaired) electrons. The molecular formula is C14H24N4S. The minimum absolute atomic E-state index is 0.475. The van der Waals surface area contributed by atoms with Crippen LogP contribution in [-0.2, 0) is 6.54 Å². The lowest BCUT2D eigenvalue weighted by Gasteiger charge is -2.24. The van der Waals surface area contributed by atoms with Crippen molar-refractivity contribution in [3.63, 3.8) is 0 Å². The number of aromatic nitrogens is 2. The third-order valence-electron chi connectivity index (χ3n) is 3.58. The van der Waals surface area contributed by atoms with Gasteiger partial charge in [-0.25, -0.2) is 9.97 Å². The van der Waals surface area contributed by atoms with E-state index in [-0.39, 0.29) is 0 Å². The number of nitrogens with one attached hydrogen (secondary N) is 1. The highest BCUT2D eigenvalue weighted by Crippen LogP contribution is 2.19. The van der Waals surface area contributed by atoms with Crippen LogP contribution >= 0.6 is 11.8 Å². The Morgan fingerprint density at radius 1 is 1.42 bits per heavy atom. The summed E-state index contributed by atoms with van der Waals surface area (Å²) in [7, 11) is 2.07. The van der Waals surface area contributed by atoms with Crippen LogP contribution in [0.15, 0.2) is 12.4 Å². The average Bonchev–Trinajstić information content (AvgIpc) is 3.26. The molecule has 1 fully saturated rings. The minimum atomic E-state index is 0.475. The second-order valence-electron chi connectivity index (χ2n) is 5.29. The molecule has 0 spiro atoms. The van der Waals surface area contributed by atoms with E-state index in [9.17, 15) is 0 Å². The standard InChI is InChI=1S/C14H24N4S/c1-11(6-7-19-3)18(2)14-16-9-12(10-17-14)8-15-13-4-5-13/h9-11,13,15H,4-8H2,1-3H3. The molecule has 1 saturated carbocycles. The summed E-state index contributed by atoms with van der Waals surface area (Å²) in [5, 5.41) is 3.48. The normalized spacial score (nSPS) is 16.4. The lowest BCUT2D eigenvalue weighted by atomic mass is 10.2. The lowest BCUT2D eigenvalue weighted by molar-refractivity contribution is 0.649. The van der Waals surface area contributed by atoms with Gasteiger partial charge >= 0.3 is 0 Å². The van der Waals surface area contributed by atoms with Gasteiger partial charge in [0.1, 0.15) is 0 Å². The Bertz CT molecular complexity index is 378. The molecule has 0 aromatic carbocycles. The number of anilines is 1. The average molecular weight is 280 g/mol. The largest absolute Gasteiger partial charge is 0.341 e.